The van der Waals surface area contributed by atoms with Crippen LogP contribution in [0.3, 0.4) is 0 Å². The Morgan fingerprint density at radius 1 is 1.00 bits per heavy atom. The first-order valence-corrected chi connectivity index (χ1v) is 4.41. The average molecular weight is 203 g/mol. The molecule has 0 aromatic carbocycles. The Bertz CT molecular complexity index is 76.9. The van der Waals surface area contributed by atoms with E-state index in [1.807, 2.05) is 0 Å². The minimum atomic E-state index is 0. The summed E-state index contributed by atoms with van der Waals surface area (Å²) < 4.78 is 0. The van der Waals surface area contributed by atoms with Gasteiger partial charge >= 0.3 is 17.1 Å². The van der Waals surface area contributed by atoms with Crippen LogP contribution in [0, 0.1) is 6.58 Å². The molecular weight excluding hydrogens is 184 g/mol. The number of hydrogen-bond acceptors (Lipinski definition) is 0. The largest absolute Gasteiger partial charge is 1.00 e. The standard InChI is InChI=1S/C10H19.Cu/c1-4-6-8-10(3)9-7-5-2;/h3H,4-9H2,1-2H3;/q-1;+1. The first-order valence-electron chi connectivity index (χ1n) is 4.41. The second-order valence-electron chi connectivity index (χ2n) is 2.87. The van der Waals surface area contributed by atoms with Gasteiger partial charge in [-0.3, -0.25) is 5.57 Å². The summed E-state index contributed by atoms with van der Waals surface area (Å²) in [7, 11) is 0. The van der Waals surface area contributed by atoms with Crippen molar-refractivity contribution in [2.75, 3.05) is 0 Å². The molecule has 0 heterocycles. The van der Waals surface area contributed by atoms with E-state index in [-0.39, 0.29) is 17.1 Å². The van der Waals surface area contributed by atoms with Crippen molar-refractivity contribution in [3.05, 3.63) is 12.2 Å². The van der Waals surface area contributed by atoms with Gasteiger partial charge in [0.25, 0.3) is 0 Å². The Morgan fingerprint density at radius 2 is 1.36 bits per heavy atom. The van der Waals surface area contributed by atoms with Crippen LogP contribution in [0.25, 0.3) is 0 Å². The van der Waals surface area contributed by atoms with Crippen LogP contribution in [-0.4, -0.2) is 0 Å². The van der Waals surface area contributed by atoms with Crippen molar-refractivity contribution >= 4 is 0 Å². The van der Waals surface area contributed by atoms with Crippen molar-refractivity contribution < 1.29 is 17.1 Å². The van der Waals surface area contributed by atoms with E-state index in [1.54, 1.807) is 0 Å². The molecule has 0 N–H and O–H groups in total. The van der Waals surface area contributed by atoms with Gasteiger partial charge in [0.05, 0.1) is 0 Å². The minimum Gasteiger partial charge on any atom is -0.514 e. The molecule has 0 aliphatic carbocycles. The summed E-state index contributed by atoms with van der Waals surface area (Å²) in [6.45, 7) is 10.2. The van der Waals surface area contributed by atoms with Gasteiger partial charge in [0.1, 0.15) is 0 Å². The molecule has 0 aromatic heterocycles. The molecule has 0 unspecified atom stereocenters. The monoisotopic (exact) mass is 202 g/mol. The summed E-state index contributed by atoms with van der Waals surface area (Å²) >= 11 is 0. The van der Waals surface area contributed by atoms with Crippen LogP contribution in [0.1, 0.15) is 52.4 Å². The van der Waals surface area contributed by atoms with E-state index in [4.69, 9.17) is 6.58 Å². The summed E-state index contributed by atoms with van der Waals surface area (Å²) in [5.74, 6) is 0. The van der Waals surface area contributed by atoms with E-state index in [0.717, 1.165) is 12.8 Å². The molecule has 0 spiro atoms. The van der Waals surface area contributed by atoms with Crippen LogP contribution in [0.2, 0.25) is 0 Å². The molecule has 0 nitrogen and oxygen atoms in total. The molecule has 11 heavy (non-hydrogen) atoms. The van der Waals surface area contributed by atoms with Crippen LogP contribution in [0.5, 0.6) is 0 Å². The Hall–Kier alpha value is 0.259. The number of hydrogen-bond donors (Lipinski definition) is 0. The summed E-state index contributed by atoms with van der Waals surface area (Å²) in [4.78, 5) is 0. The van der Waals surface area contributed by atoms with Crippen LogP contribution in [0.15, 0.2) is 5.57 Å². The third-order valence-corrected chi connectivity index (χ3v) is 1.70. The van der Waals surface area contributed by atoms with E-state index in [0.29, 0.717) is 0 Å². The maximum Gasteiger partial charge on any atom is 1.00 e. The quantitative estimate of drug-likeness (QED) is 0.455. The van der Waals surface area contributed by atoms with E-state index in [9.17, 15) is 0 Å². The molecule has 0 aliphatic rings. The van der Waals surface area contributed by atoms with Crippen LogP contribution in [-0.2, 0) is 17.1 Å². The van der Waals surface area contributed by atoms with E-state index < -0.39 is 0 Å². The van der Waals surface area contributed by atoms with Crippen LogP contribution in [0.4, 0.5) is 0 Å². The van der Waals surface area contributed by atoms with E-state index in [2.05, 4.69) is 13.8 Å². The molecule has 0 rings (SSSR count). The molecule has 0 saturated heterocycles. The van der Waals surface area contributed by atoms with Gasteiger partial charge in [0, 0.05) is 0 Å². The minimum absolute atomic E-state index is 0. The van der Waals surface area contributed by atoms with Gasteiger partial charge in [-0.2, -0.15) is 0 Å². The molecule has 0 aliphatic heterocycles. The Balaban J connectivity index is 0. The zero-order chi connectivity index (χ0) is 7.82. The summed E-state index contributed by atoms with van der Waals surface area (Å²) in [5.41, 5.74) is 1.20. The van der Waals surface area contributed by atoms with Crippen LogP contribution >= 0.6 is 0 Å². The second-order valence-corrected chi connectivity index (χ2v) is 2.87. The Morgan fingerprint density at radius 3 is 1.64 bits per heavy atom. The van der Waals surface area contributed by atoms with E-state index in [1.165, 1.54) is 31.3 Å². The van der Waals surface area contributed by atoms with Crippen molar-refractivity contribution in [2.45, 2.75) is 52.4 Å². The van der Waals surface area contributed by atoms with Gasteiger partial charge in [-0.1, -0.05) is 52.4 Å². The zero-order valence-corrected chi connectivity index (χ0v) is 8.56. The molecule has 1 heteroatoms. The van der Waals surface area contributed by atoms with Crippen molar-refractivity contribution in [3.8, 4) is 0 Å². The SMILES string of the molecule is [CH-]=C(CCCC)CCCC.[Cu+]. The maximum atomic E-state index is 5.76. The maximum absolute atomic E-state index is 5.76. The first-order chi connectivity index (χ1) is 4.81. The fourth-order valence-electron chi connectivity index (χ4n) is 0.933. The fraction of sp³-hybridized carbons (Fsp3) is 0.800. The van der Waals surface area contributed by atoms with Gasteiger partial charge in [-0.15, -0.1) is 0 Å². The van der Waals surface area contributed by atoms with Crippen LogP contribution < -0.4 is 0 Å². The van der Waals surface area contributed by atoms with Crippen molar-refractivity contribution in [1.82, 2.24) is 0 Å². The van der Waals surface area contributed by atoms with Gasteiger partial charge in [-0.25, -0.2) is 0 Å². The fourth-order valence-corrected chi connectivity index (χ4v) is 0.933. The third-order valence-electron chi connectivity index (χ3n) is 1.70. The van der Waals surface area contributed by atoms with E-state index >= 15 is 0 Å². The molecule has 0 saturated carbocycles. The topological polar surface area (TPSA) is 0 Å². The first kappa shape index (κ1) is 13.8. The number of rotatable bonds is 6. The molecule has 0 radical (unpaired) electrons. The molecule has 0 bridgehead atoms. The number of allylic oxidation sites excluding steroid dienone is 1. The second kappa shape index (κ2) is 10.3. The van der Waals surface area contributed by atoms with Gasteiger partial charge < -0.3 is 6.58 Å². The predicted molar refractivity (Wildman–Crippen MR) is 46.9 cm³/mol. The predicted octanol–water partition coefficient (Wildman–Crippen LogP) is 3.72. The molecule has 0 amide bonds. The summed E-state index contributed by atoms with van der Waals surface area (Å²) in [5, 5.41) is 0. The molecule has 0 aromatic rings. The van der Waals surface area contributed by atoms with Crippen molar-refractivity contribution in [3.63, 3.8) is 0 Å². The average Bonchev–Trinajstić information content (AvgIpc) is 1.97. The smallest absolute Gasteiger partial charge is 0.514 e. The molecule has 0 fully saturated rings. The van der Waals surface area contributed by atoms with Gasteiger partial charge in [0.2, 0.25) is 0 Å². The van der Waals surface area contributed by atoms with Gasteiger partial charge in [0.15, 0.2) is 0 Å². The third kappa shape index (κ3) is 10.3. The molecular formula is C10H19Cu. The molecule has 70 valence electrons. The summed E-state index contributed by atoms with van der Waals surface area (Å²) in [6.07, 6.45) is 7.30. The summed E-state index contributed by atoms with van der Waals surface area (Å²) in [6, 6.07) is 0. The normalized spacial score (nSPS) is 8.91. The van der Waals surface area contributed by atoms with Crippen molar-refractivity contribution in [2.24, 2.45) is 0 Å². The van der Waals surface area contributed by atoms with Gasteiger partial charge in [-0.05, 0) is 0 Å². The zero-order valence-electron chi connectivity index (χ0n) is 7.62. The molecule has 0 atom stereocenters. The van der Waals surface area contributed by atoms with Crippen molar-refractivity contribution in [1.29, 1.82) is 0 Å². The Labute approximate surface area is 81.9 Å². The Kier molecular flexibility index (Phi) is 12.9. The number of unbranched alkanes of at least 4 members (excludes halogenated alkanes) is 2.